The first-order chi connectivity index (χ1) is 9.16. The van der Waals surface area contributed by atoms with Crippen molar-refractivity contribution < 1.29 is 8.78 Å². The predicted octanol–water partition coefficient (Wildman–Crippen LogP) is 2.79. The lowest BCUT2D eigenvalue weighted by Gasteiger charge is -2.30. The zero-order valence-electron chi connectivity index (χ0n) is 11.5. The van der Waals surface area contributed by atoms with E-state index < -0.39 is 11.6 Å². The van der Waals surface area contributed by atoms with Crippen molar-refractivity contribution >= 4 is 0 Å². The van der Waals surface area contributed by atoms with E-state index >= 15 is 0 Å². The quantitative estimate of drug-likeness (QED) is 0.826. The Bertz CT molecular complexity index is 401. The first kappa shape index (κ1) is 14.4. The lowest BCUT2D eigenvalue weighted by atomic mass is 9.99. The van der Waals surface area contributed by atoms with Crippen molar-refractivity contribution in [3.63, 3.8) is 0 Å². The number of rotatable bonds is 5. The maximum Gasteiger partial charge on any atom is 0.163 e. The van der Waals surface area contributed by atoms with Crippen LogP contribution >= 0.6 is 0 Å². The van der Waals surface area contributed by atoms with E-state index in [1.54, 1.807) is 12.1 Å². The molecule has 1 aliphatic rings. The standard InChI is InChI=1S/C15H22F2N2/c1-12-5-8-19(9-6-12)10-7-18-11-13-3-2-4-14(16)15(13)17/h2-4,12,18H,5-11H2,1H3. The minimum atomic E-state index is -0.774. The van der Waals surface area contributed by atoms with Crippen LogP contribution in [0.25, 0.3) is 0 Å². The summed E-state index contributed by atoms with van der Waals surface area (Å²) >= 11 is 0. The van der Waals surface area contributed by atoms with Gasteiger partial charge in [0, 0.05) is 25.2 Å². The second-order valence-electron chi connectivity index (χ2n) is 5.41. The minimum Gasteiger partial charge on any atom is -0.311 e. The molecule has 1 heterocycles. The number of nitrogens with one attached hydrogen (secondary N) is 1. The highest BCUT2D eigenvalue weighted by atomic mass is 19.2. The predicted molar refractivity (Wildman–Crippen MR) is 72.9 cm³/mol. The molecular formula is C15H22F2N2. The van der Waals surface area contributed by atoms with E-state index in [4.69, 9.17) is 0 Å². The summed E-state index contributed by atoms with van der Waals surface area (Å²) in [5, 5.41) is 3.18. The molecule has 19 heavy (non-hydrogen) atoms. The fourth-order valence-electron chi connectivity index (χ4n) is 2.43. The molecule has 1 aromatic carbocycles. The number of likely N-dealkylation sites (tertiary alicyclic amines) is 1. The largest absolute Gasteiger partial charge is 0.311 e. The highest BCUT2D eigenvalue weighted by Gasteiger charge is 2.14. The number of piperidine rings is 1. The fourth-order valence-corrected chi connectivity index (χ4v) is 2.43. The Morgan fingerprint density at radius 2 is 2.00 bits per heavy atom. The van der Waals surface area contributed by atoms with E-state index in [1.807, 2.05) is 0 Å². The van der Waals surface area contributed by atoms with Crippen molar-refractivity contribution in [3.8, 4) is 0 Å². The van der Waals surface area contributed by atoms with Gasteiger partial charge in [-0.3, -0.25) is 0 Å². The van der Waals surface area contributed by atoms with E-state index in [0.29, 0.717) is 12.1 Å². The molecule has 0 aliphatic carbocycles. The molecule has 1 N–H and O–H groups in total. The van der Waals surface area contributed by atoms with Gasteiger partial charge >= 0.3 is 0 Å². The van der Waals surface area contributed by atoms with Crippen LogP contribution in [0, 0.1) is 17.6 Å². The Morgan fingerprint density at radius 3 is 2.74 bits per heavy atom. The Hall–Kier alpha value is -1.00. The van der Waals surface area contributed by atoms with Crippen LogP contribution in [0.3, 0.4) is 0 Å². The Kier molecular flexibility index (Phi) is 5.28. The van der Waals surface area contributed by atoms with Crippen LogP contribution in [0.4, 0.5) is 8.78 Å². The van der Waals surface area contributed by atoms with Crippen molar-refractivity contribution in [2.24, 2.45) is 5.92 Å². The van der Waals surface area contributed by atoms with Crippen LogP contribution in [-0.4, -0.2) is 31.1 Å². The minimum absolute atomic E-state index is 0.383. The molecule has 2 rings (SSSR count). The summed E-state index contributed by atoms with van der Waals surface area (Å²) < 4.78 is 26.4. The SMILES string of the molecule is CC1CCN(CCNCc2cccc(F)c2F)CC1. The van der Waals surface area contributed by atoms with E-state index in [-0.39, 0.29) is 0 Å². The number of halogens is 2. The van der Waals surface area contributed by atoms with Gasteiger partial charge in [0.2, 0.25) is 0 Å². The molecule has 1 fully saturated rings. The Balaban J connectivity index is 1.68. The average molecular weight is 268 g/mol. The molecule has 0 aromatic heterocycles. The molecule has 1 saturated heterocycles. The van der Waals surface area contributed by atoms with Gasteiger partial charge in [-0.1, -0.05) is 19.1 Å². The van der Waals surface area contributed by atoms with Gasteiger partial charge in [0.05, 0.1) is 0 Å². The molecule has 1 aromatic rings. The summed E-state index contributed by atoms with van der Waals surface area (Å²) in [6, 6.07) is 4.31. The van der Waals surface area contributed by atoms with Gasteiger partial charge < -0.3 is 10.2 Å². The van der Waals surface area contributed by atoms with Crippen LogP contribution in [0.15, 0.2) is 18.2 Å². The van der Waals surface area contributed by atoms with Gasteiger partial charge in [-0.25, -0.2) is 8.78 Å². The number of benzene rings is 1. The molecule has 2 nitrogen and oxygen atoms in total. The zero-order chi connectivity index (χ0) is 13.7. The van der Waals surface area contributed by atoms with E-state index in [9.17, 15) is 8.78 Å². The summed E-state index contributed by atoms with van der Waals surface area (Å²) in [5.74, 6) is -0.670. The molecule has 0 radical (unpaired) electrons. The second kappa shape index (κ2) is 6.96. The number of hydrogen-bond donors (Lipinski definition) is 1. The van der Waals surface area contributed by atoms with Crippen LogP contribution in [0.1, 0.15) is 25.3 Å². The number of hydrogen-bond acceptors (Lipinski definition) is 2. The highest BCUT2D eigenvalue weighted by Crippen LogP contribution is 2.15. The van der Waals surface area contributed by atoms with E-state index in [1.165, 1.54) is 12.8 Å². The summed E-state index contributed by atoms with van der Waals surface area (Å²) in [7, 11) is 0. The third kappa shape index (κ3) is 4.25. The molecule has 106 valence electrons. The maximum absolute atomic E-state index is 13.4. The topological polar surface area (TPSA) is 15.3 Å². The van der Waals surface area contributed by atoms with Crippen molar-refractivity contribution in [1.82, 2.24) is 10.2 Å². The van der Waals surface area contributed by atoms with Crippen molar-refractivity contribution in [2.45, 2.75) is 26.3 Å². The van der Waals surface area contributed by atoms with Crippen LogP contribution in [-0.2, 0) is 6.54 Å². The first-order valence-corrected chi connectivity index (χ1v) is 7.03. The fraction of sp³-hybridized carbons (Fsp3) is 0.600. The molecule has 0 unspecified atom stereocenters. The molecule has 0 bridgehead atoms. The molecule has 1 aliphatic heterocycles. The molecule has 0 amide bonds. The first-order valence-electron chi connectivity index (χ1n) is 7.03. The summed E-state index contributed by atoms with van der Waals surface area (Å²) in [5.41, 5.74) is 0.396. The Labute approximate surface area is 113 Å². The molecular weight excluding hydrogens is 246 g/mol. The van der Waals surface area contributed by atoms with Crippen LogP contribution in [0.2, 0.25) is 0 Å². The van der Waals surface area contributed by atoms with Gasteiger partial charge in [0.15, 0.2) is 11.6 Å². The van der Waals surface area contributed by atoms with Crippen LogP contribution < -0.4 is 5.32 Å². The number of nitrogens with zero attached hydrogens (tertiary/aromatic N) is 1. The maximum atomic E-state index is 13.4. The summed E-state index contributed by atoms with van der Waals surface area (Å²) in [6.45, 7) is 6.76. The molecule has 0 saturated carbocycles. The van der Waals surface area contributed by atoms with E-state index in [0.717, 1.165) is 38.2 Å². The molecule has 4 heteroatoms. The third-order valence-corrected chi connectivity index (χ3v) is 3.83. The molecule has 0 spiro atoms. The van der Waals surface area contributed by atoms with Gasteiger partial charge in [0.1, 0.15) is 0 Å². The molecule has 0 atom stereocenters. The van der Waals surface area contributed by atoms with Gasteiger partial charge in [-0.15, -0.1) is 0 Å². The third-order valence-electron chi connectivity index (χ3n) is 3.83. The lowest BCUT2D eigenvalue weighted by molar-refractivity contribution is 0.193. The summed E-state index contributed by atoms with van der Waals surface area (Å²) in [4.78, 5) is 2.43. The van der Waals surface area contributed by atoms with Crippen molar-refractivity contribution in [3.05, 3.63) is 35.4 Å². The smallest absolute Gasteiger partial charge is 0.163 e. The van der Waals surface area contributed by atoms with E-state index in [2.05, 4.69) is 17.1 Å². The summed E-state index contributed by atoms with van der Waals surface area (Å²) in [6.07, 6.45) is 2.52. The second-order valence-corrected chi connectivity index (χ2v) is 5.41. The van der Waals surface area contributed by atoms with Crippen molar-refractivity contribution in [2.75, 3.05) is 26.2 Å². The van der Waals surface area contributed by atoms with Gasteiger partial charge in [-0.2, -0.15) is 0 Å². The normalized spacial score (nSPS) is 17.8. The van der Waals surface area contributed by atoms with Gasteiger partial charge in [-0.05, 0) is 37.9 Å². The Morgan fingerprint density at radius 1 is 1.26 bits per heavy atom. The average Bonchev–Trinajstić information content (AvgIpc) is 2.41. The zero-order valence-corrected chi connectivity index (χ0v) is 11.5. The van der Waals surface area contributed by atoms with Crippen molar-refractivity contribution in [1.29, 1.82) is 0 Å². The van der Waals surface area contributed by atoms with Gasteiger partial charge in [0.25, 0.3) is 0 Å². The highest BCUT2D eigenvalue weighted by molar-refractivity contribution is 5.18. The van der Waals surface area contributed by atoms with Crippen LogP contribution in [0.5, 0.6) is 0 Å². The lowest BCUT2D eigenvalue weighted by Crippen LogP contribution is -2.37. The monoisotopic (exact) mass is 268 g/mol.